The average Bonchev–Trinajstić information content (AvgIpc) is 3.18. The number of anilines is 1. The summed E-state index contributed by atoms with van der Waals surface area (Å²) in [6.45, 7) is 14.5. The number of thiocarbonyl (C=S) groups is 1. The van der Waals surface area contributed by atoms with Crippen molar-refractivity contribution in [3.8, 4) is 0 Å². The van der Waals surface area contributed by atoms with Crippen molar-refractivity contribution in [1.29, 1.82) is 0 Å². The van der Waals surface area contributed by atoms with E-state index in [9.17, 15) is 4.39 Å². The van der Waals surface area contributed by atoms with Crippen LogP contribution in [0.15, 0.2) is 30.5 Å². The number of aromatic amines is 1. The van der Waals surface area contributed by atoms with Gasteiger partial charge in [0.05, 0.1) is 23.1 Å². The van der Waals surface area contributed by atoms with E-state index in [1.54, 1.807) is 12.3 Å². The Morgan fingerprint density at radius 2 is 1.82 bits per heavy atom. The Morgan fingerprint density at radius 1 is 1.15 bits per heavy atom. The summed E-state index contributed by atoms with van der Waals surface area (Å²) in [5.74, 6) is 1.14. The Bertz CT molecular complexity index is 1130. The lowest BCUT2D eigenvalue weighted by Gasteiger charge is -2.50. The van der Waals surface area contributed by atoms with Gasteiger partial charge in [-0.25, -0.2) is 24.4 Å². The first-order valence-electron chi connectivity index (χ1n) is 11.5. The molecule has 2 N–H and O–H groups in total. The molecule has 34 heavy (non-hydrogen) atoms. The Labute approximate surface area is 213 Å². The summed E-state index contributed by atoms with van der Waals surface area (Å²) in [6, 6.07) is 6.23. The molecule has 186 valence electrons. The minimum Gasteiger partial charge on any atom is -0.372 e. The largest absolute Gasteiger partial charge is 0.372 e. The van der Waals surface area contributed by atoms with Crippen LogP contribution in [0.4, 0.5) is 10.1 Å². The second-order valence-corrected chi connectivity index (χ2v) is 14.9. The molecule has 2 heterocycles. The maximum atomic E-state index is 13.5. The van der Waals surface area contributed by atoms with E-state index in [1.807, 2.05) is 6.07 Å². The maximum absolute atomic E-state index is 13.5. The van der Waals surface area contributed by atoms with Crippen molar-refractivity contribution < 1.29 is 9.13 Å². The van der Waals surface area contributed by atoms with E-state index in [0.29, 0.717) is 45.1 Å². The lowest BCUT2D eigenvalue weighted by Crippen LogP contribution is -2.32. The van der Waals surface area contributed by atoms with Crippen LogP contribution in [0.25, 0.3) is 11.2 Å². The minimum atomic E-state index is -0.902. The summed E-state index contributed by atoms with van der Waals surface area (Å²) < 4.78 is 19.7. The number of ether oxygens (including phenoxy) is 1. The first-order chi connectivity index (χ1) is 16.1. The molecule has 3 aromatic rings. The summed E-state index contributed by atoms with van der Waals surface area (Å²) >= 11 is 11.5. The fraction of sp³-hybridized carbons (Fsp3) is 0.480. The highest BCUT2D eigenvalue weighted by atomic mass is 35.5. The number of imidazole rings is 1. The third-order valence-electron chi connectivity index (χ3n) is 6.27. The molecule has 3 rings (SSSR count). The highest BCUT2D eigenvalue weighted by Crippen LogP contribution is 2.60. The molecule has 0 amide bonds. The smallest absolute Gasteiger partial charge is 0.178 e. The fourth-order valence-electron chi connectivity index (χ4n) is 4.45. The normalized spacial score (nSPS) is 12.8. The Hall–Kier alpha value is -1.74. The molecule has 0 aliphatic heterocycles. The molecule has 0 bridgehead atoms. The van der Waals surface area contributed by atoms with Crippen LogP contribution in [0.3, 0.4) is 0 Å². The molecule has 0 aliphatic rings. The van der Waals surface area contributed by atoms with E-state index >= 15 is 0 Å². The first-order valence-corrected chi connectivity index (χ1v) is 14.3. The molecule has 0 radical (unpaired) electrons. The number of aromatic nitrogens is 3. The third kappa shape index (κ3) is 5.73. The van der Waals surface area contributed by atoms with E-state index in [1.165, 1.54) is 12.1 Å². The number of pyridine rings is 1. The fourth-order valence-corrected chi connectivity index (χ4v) is 9.41. The highest BCUT2D eigenvalue weighted by Gasteiger charge is 2.34. The Kier molecular flexibility index (Phi) is 8.95. The van der Waals surface area contributed by atoms with Crippen molar-refractivity contribution in [1.82, 2.24) is 15.0 Å². The molecule has 1 aromatic carbocycles. The van der Waals surface area contributed by atoms with E-state index in [0.717, 1.165) is 22.8 Å². The molecule has 0 unspecified atom stereocenters. The average molecular weight is 525 g/mol. The Morgan fingerprint density at radius 3 is 2.44 bits per heavy atom. The van der Waals surface area contributed by atoms with E-state index < -0.39 is 15.8 Å². The van der Waals surface area contributed by atoms with Gasteiger partial charge in [-0.15, -0.1) is 0 Å². The molecule has 0 saturated carbocycles. The van der Waals surface area contributed by atoms with Gasteiger partial charge in [-0.05, 0) is 40.0 Å². The highest BCUT2D eigenvalue weighted by molar-refractivity contribution is 8.34. The molecule has 2 aromatic heterocycles. The van der Waals surface area contributed by atoms with Gasteiger partial charge in [0.15, 0.2) is 5.65 Å². The molecule has 9 heteroatoms. The standard InChI is InChI=1S/C25H34ClFN4OS2/c1-15(2)34(16(3)4,17(5)6)14-32-12-10-22-30-23-19(9-11-28-24(23)31-22)25(33)29-18-7-8-21(27)20(26)13-18/h7-9,11,13,15-17H,10,12,14H2,1-6H3,(H,29,33)(H,28,30,31). The van der Waals surface area contributed by atoms with Gasteiger partial charge in [0.25, 0.3) is 0 Å². The van der Waals surface area contributed by atoms with Crippen LogP contribution in [0.5, 0.6) is 0 Å². The Balaban J connectivity index is 1.69. The van der Waals surface area contributed by atoms with Gasteiger partial charge in [0.2, 0.25) is 0 Å². The number of H-pyrrole nitrogens is 1. The van der Waals surface area contributed by atoms with Gasteiger partial charge in [-0.3, -0.25) is 0 Å². The van der Waals surface area contributed by atoms with Crippen LogP contribution >= 0.6 is 33.8 Å². The number of halogens is 2. The predicted octanol–water partition coefficient (Wildman–Crippen LogP) is 7.08. The summed E-state index contributed by atoms with van der Waals surface area (Å²) in [5, 5.41) is 4.97. The molecule has 0 aliphatic carbocycles. The molecule has 0 atom stereocenters. The summed E-state index contributed by atoms with van der Waals surface area (Å²) in [7, 11) is -0.902. The lowest BCUT2D eigenvalue weighted by atomic mass is 10.2. The number of hydrogen-bond donors (Lipinski definition) is 2. The van der Waals surface area contributed by atoms with Crippen molar-refractivity contribution in [2.45, 2.75) is 63.7 Å². The number of nitrogens with zero attached hydrogens (tertiary/aromatic N) is 2. The van der Waals surface area contributed by atoms with Crippen molar-refractivity contribution >= 4 is 55.7 Å². The van der Waals surface area contributed by atoms with Crippen LogP contribution in [-0.2, 0) is 11.2 Å². The minimum absolute atomic E-state index is 0.0368. The number of rotatable bonds is 10. The van der Waals surface area contributed by atoms with Crippen LogP contribution in [0.2, 0.25) is 5.02 Å². The SMILES string of the molecule is CC(C)S(COCCc1nc2nccc(C(=S)Nc3ccc(F)c(Cl)c3)c2[nH]1)(C(C)C)C(C)C. The van der Waals surface area contributed by atoms with Crippen LogP contribution in [0, 0.1) is 5.82 Å². The zero-order chi connectivity index (χ0) is 25.0. The third-order valence-corrected chi connectivity index (χ3v) is 12.7. The van der Waals surface area contributed by atoms with Gasteiger partial charge in [-0.1, -0.05) is 65.4 Å². The van der Waals surface area contributed by atoms with Crippen molar-refractivity contribution in [3.05, 3.63) is 52.7 Å². The van der Waals surface area contributed by atoms with Gasteiger partial charge in [0.1, 0.15) is 16.6 Å². The zero-order valence-corrected chi connectivity index (χ0v) is 23.0. The van der Waals surface area contributed by atoms with Crippen molar-refractivity contribution in [2.24, 2.45) is 0 Å². The van der Waals surface area contributed by atoms with E-state index in [4.69, 9.17) is 28.6 Å². The lowest BCUT2D eigenvalue weighted by molar-refractivity contribution is 0.181. The zero-order valence-electron chi connectivity index (χ0n) is 20.6. The summed E-state index contributed by atoms with van der Waals surface area (Å²) in [4.78, 5) is 12.8. The molecule has 5 nitrogen and oxygen atoms in total. The molecule has 0 spiro atoms. The van der Waals surface area contributed by atoms with Crippen LogP contribution in [-0.4, -0.2) is 48.2 Å². The van der Waals surface area contributed by atoms with Gasteiger partial charge < -0.3 is 15.0 Å². The molecular formula is C25H34ClFN4OS2. The number of benzene rings is 1. The molecule has 0 fully saturated rings. The number of fused-ring (bicyclic) bond motifs is 1. The monoisotopic (exact) mass is 524 g/mol. The maximum Gasteiger partial charge on any atom is 0.178 e. The second kappa shape index (κ2) is 11.3. The number of nitrogens with one attached hydrogen (secondary N) is 2. The van der Waals surface area contributed by atoms with Gasteiger partial charge >= 0.3 is 0 Å². The van der Waals surface area contributed by atoms with Crippen molar-refractivity contribution in [3.63, 3.8) is 0 Å². The second-order valence-electron chi connectivity index (χ2n) is 9.15. The summed E-state index contributed by atoms with van der Waals surface area (Å²) in [5.41, 5.74) is 2.74. The van der Waals surface area contributed by atoms with Gasteiger partial charge in [0, 0.05) is 23.9 Å². The number of hydrogen-bond acceptors (Lipinski definition) is 4. The van der Waals surface area contributed by atoms with Gasteiger partial charge in [-0.2, -0.15) is 0 Å². The predicted molar refractivity (Wildman–Crippen MR) is 148 cm³/mol. The van der Waals surface area contributed by atoms with Crippen LogP contribution < -0.4 is 5.32 Å². The van der Waals surface area contributed by atoms with E-state index in [-0.39, 0.29) is 5.02 Å². The molecule has 0 saturated heterocycles. The van der Waals surface area contributed by atoms with Crippen molar-refractivity contribution in [2.75, 3.05) is 17.9 Å². The molecular weight excluding hydrogens is 491 g/mol. The quantitative estimate of drug-likeness (QED) is 0.219. The topological polar surface area (TPSA) is 62.8 Å². The van der Waals surface area contributed by atoms with Crippen LogP contribution in [0.1, 0.15) is 52.9 Å². The van der Waals surface area contributed by atoms with E-state index in [2.05, 4.69) is 61.8 Å². The first kappa shape index (κ1) is 26.9. The summed E-state index contributed by atoms with van der Waals surface area (Å²) in [6.07, 6.45) is 2.34.